The molecule has 0 aliphatic carbocycles. The first-order valence-electron chi connectivity index (χ1n) is 19.1. The van der Waals surface area contributed by atoms with Gasteiger partial charge in [-0.1, -0.05) is 91.0 Å². The minimum atomic E-state index is -4.71. The molecule has 0 aliphatic rings. The summed E-state index contributed by atoms with van der Waals surface area (Å²) in [6.45, 7) is 0. The second-order valence-corrected chi connectivity index (χ2v) is 14.6. The Hall–Kier alpha value is -8.38. The SMILES string of the molecule is N#Cc1cccc(-c2ccc3c(c2)c2ccccc2n3-c2cc(C#N)cc(-n3c4ccccc4c4cc(-c5cccc(C#N)c5)ccc43)c2-c2ccccc2C(F)(F)F)c1. The average molecular weight is 780 g/mol. The van der Waals surface area contributed by atoms with E-state index in [0.717, 1.165) is 71.9 Å². The number of hydrogen-bond acceptors (Lipinski definition) is 3. The highest BCUT2D eigenvalue weighted by Crippen LogP contribution is 2.47. The van der Waals surface area contributed by atoms with Crippen LogP contribution in [0.2, 0.25) is 0 Å². The van der Waals surface area contributed by atoms with Crippen molar-refractivity contribution in [1.82, 2.24) is 9.13 Å². The average Bonchev–Trinajstić information content (AvgIpc) is 3.80. The molecule has 8 aromatic carbocycles. The van der Waals surface area contributed by atoms with Crippen LogP contribution in [0.4, 0.5) is 13.2 Å². The van der Waals surface area contributed by atoms with Crippen molar-refractivity contribution in [3.8, 4) is 63.0 Å². The molecular formula is C52H28F3N5. The number of para-hydroxylation sites is 2. The van der Waals surface area contributed by atoms with E-state index < -0.39 is 11.7 Å². The van der Waals surface area contributed by atoms with Crippen molar-refractivity contribution in [2.75, 3.05) is 0 Å². The van der Waals surface area contributed by atoms with Crippen molar-refractivity contribution >= 4 is 43.6 Å². The molecule has 0 saturated heterocycles. The van der Waals surface area contributed by atoms with Gasteiger partial charge in [-0.25, -0.2) is 0 Å². The summed E-state index contributed by atoms with van der Waals surface area (Å²) in [7, 11) is 0. The van der Waals surface area contributed by atoms with E-state index >= 15 is 13.2 Å². The molecule has 0 spiro atoms. The molecule has 10 aromatic rings. The van der Waals surface area contributed by atoms with Crippen LogP contribution in [0.3, 0.4) is 0 Å². The maximum atomic E-state index is 15.3. The summed E-state index contributed by atoms with van der Waals surface area (Å²) in [6, 6.07) is 57.8. The fourth-order valence-corrected chi connectivity index (χ4v) is 8.61. The van der Waals surface area contributed by atoms with Crippen LogP contribution < -0.4 is 0 Å². The zero-order valence-electron chi connectivity index (χ0n) is 31.5. The summed E-state index contributed by atoms with van der Waals surface area (Å²) < 4.78 is 49.7. The van der Waals surface area contributed by atoms with Gasteiger partial charge in [0.05, 0.1) is 73.9 Å². The molecule has 0 atom stereocenters. The second-order valence-electron chi connectivity index (χ2n) is 14.6. The summed E-state index contributed by atoms with van der Waals surface area (Å²) in [5, 5.41) is 33.4. The molecule has 8 heteroatoms. The normalized spacial score (nSPS) is 11.5. The summed E-state index contributed by atoms with van der Waals surface area (Å²) in [4.78, 5) is 0. The number of fused-ring (bicyclic) bond motifs is 6. The van der Waals surface area contributed by atoms with Crippen LogP contribution in [0.25, 0.3) is 88.4 Å². The smallest absolute Gasteiger partial charge is 0.308 e. The molecule has 0 unspecified atom stereocenters. The molecule has 2 heterocycles. The lowest BCUT2D eigenvalue weighted by Crippen LogP contribution is -2.10. The number of rotatable bonds is 5. The topological polar surface area (TPSA) is 81.2 Å². The third-order valence-electron chi connectivity index (χ3n) is 11.2. The van der Waals surface area contributed by atoms with E-state index in [0.29, 0.717) is 28.1 Å². The van der Waals surface area contributed by atoms with Crippen molar-refractivity contribution in [2.45, 2.75) is 6.18 Å². The van der Waals surface area contributed by atoms with Crippen LogP contribution in [0, 0.1) is 34.0 Å². The maximum absolute atomic E-state index is 15.3. The number of nitriles is 3. The van der Waals surface area contributed by atoms with Gasteiger partial charge in [0.15, 0.2) is 0 Å². The van der Waals surface area contributed by atoms with E-state index in [1.165, 1.54) is 12.1 Å². The van der Waals surface area contributed by atoms with Gasteiger partial charge in [0.25, 0.3) is 0 Å². The van der Waals surface area contributed by atoms with Crippen LogP contribution in [0.1, 0.15) is 22.3 Å². The first-order valence-corrected chi connectivity index (χ1v) is 19.1. The van der Waals surface area contributed by atoms with Gasteiger partial charge in [0, 0.05) is 27.1 Å². The molecule has 60 heavy (non-hydrogen) atoms. The fraction of sp³-hybridized carbons (Fsp3) is 0.0192. The highest BCUT2D eigenvalue weighted by Gasteiger charge is 2.35. The molecular weight excluding hydrogens is 752 g/mol. The Morgan fingerprint density at radius 2 is 0.817 bits per heavy atom. The maximum Gasteiger partial charge on any atom is 0.417 e. The van der Waals surface area contributed by atoms with Crippen LogP contribution in [0.5, 0.6) is 0 Å². The molecule has 282 valence electrons. The van der Waals surface area contributed by atoms with Crippen molar-refractivity contribution in [1.29, 1.82) is 15.8 Å². The third-order valence-corrected chi connectivity index (χ3v) is 11.2. The van der Waals surface area contributed by atoms with Gasteiger partial charge >= 0.3 is 6.18 Å². The number of alkyl halides is 3. The summed E-state index contributed by atoms with van der Waals surface area (Å²) >= 11 is 0. The van der Waals surface area contributed by atoms with Gasteiger partial charge < -0.3 is 9.13 Å². The van der Waals surface area contributed by atoms with E-state index in [1.807, 2.05) is 130 Å². The molecule has 0 bridgehead atoms. The summed E-state index contributed by atoms with van der Waals surface area (Å²) in [5.74, 6) is 0. The molecule has 0 N–H and O–H groups in total. The zero-order valence-corrected chi connectivity index (χ0v) is 31.5. The van der Waals surface area contributed by atoms with E-state index in [4.69, 9.17) is 0 Å². The number of nitrogens with zero attached hydrogens (tertiary/aromatic N) is 5. The number of aromatic nitrogens is 2. The Balaban J connectivity index is 1.33. The van der Waals surface area contributed by atoms with Crippen molar-refractivity contribution in [3.05, 3.63) is 192 Å². The van der Waals surface area contributed by atoms with Gasteiger partial charge in [-0.05, 0) is 107 Å². The summed E-state index contributed by atoms with van der Waals surface area (Å²) in [5.41, 5.74) is 7.99. The number of hydrogen-bond donors (Lipinski definition) is 0. The molecule has 2 aromatic heterocycles. The Bertz CT molecular complexity index is 3330. The number of benzene rings is 8. The van der Waals surface area contributed by atoms with Crippen LogP contribution in [0.15, 0.2) is 170 Å². The second kappa shape index (κ2) is 13.9. The van der Waals surface area contributed by atoms with Gasteiger partial charge in [-0.3, -0.25) is 0 Å². The van der Waals surface area contributed by atoms with Gasteiger partial charge in [0.1, 0.15) is 0 Å². The molecule has 0 aliphatic heterocycles. The quantitative estimate of drug-likeness (QED) is 0.174. The Morgan fingerprint density at radius 1 is 0.383 bits per heavy atom. The fourth-order valence-electron chi connectivity index (χ4n) is 8.61. The van der Waals surface area contributed by atoms with Gasteiger partial charge in [-0.2, -0.15) is 29.0 Å². The minimum Gasteiger partial charge on any atom is -0.308 e. The molecule has 0 amide bonds. The highest BCUT2D eigenvalue weighted by atomic mass is 19.4. The summed E-state index contributed by atoms with van der Waals surface area (Å²) in [6.07, 6.45) is -4.71. The van der Waals surface area contributed by atoms with Crippen molar-refractivity contribution in [2.24, 2.45) is 0 Å². The molecule has 0 radical (unpaired) electrons. The van der Waals surface area contributed by atoms with E-state index in [9.17, 15) is 15.8 Å². The van der Waals surface area contributed by atoms with Crippen LogP contribution >= 0.6 is 0 Å². The standard InChI is InChI=1S/C52H28F3N5/c53-52(54,55)44-16-4-1-15-41(44)51-49(59-45-17-5-2-13-39(45)42-27-37(19-21-47(42)59)35-11-7-9-32(23-35)29-56)25-34(31-58)26-50(51)60-46-18-6-3-14-40(46)43-28-38(20-22-48(43)60)36-12-8-10-33(24-36)30-57/h1-28H. The molecule has 10 rings (SSSR count). The Labute approximate surface area is 341 Å². The van der Waals surface area contributed by atoms with E-state index in [2.05, 4.69) is 18.2 Å². The molecule has 0 fully saturated rings. The van der Waals surface area contributed by atoms with Crippen LogP contribution in [-0.2, 0) is 6.18 Å². The largest absolute Gasteiger partial charge is 0.417 e. The third kappa shape index (κ3) is 5.77. The highest BCUT2D eigenvalue weighted by molar-refractivity contribution is 6.13. The van der Waals surface area contributed by atoms with E-state index in [-0.39, 0.29) is 11.1 Å². The minimum absolute atomic E-state index is 0.0359. The lowest BCUT2D eigenvalue weighted by Gasteiger charge is -2.23. The van der Waals surface area contributed by atoms with E-state index in [1.54, 1.807) is 30.3 Å². The Kier molecular flexibility index (Phi) is 8.35. The van der Waals surface area contributed by atoms with Crippen LogP contribution in [-0.4, -0.2) is 9.13 Å². The van der Waals surface area contributed by atoms with Crippen molar-refractivity contribution < 1.29 is 13.2 Å². The predicted molar refractivity (Wildman–Crippen MR) is 231 cm³/mol. The van der Waals surface area contributed by atoms with Gasteiger partial charge in [-0.15, -0.1) is 0 Å². The lowest BCUT2D eigenvalue weighted by atomic mass is 9.94. The Morgan fingerprint density at radius 3 is 1.30 bits per heavy atom. The first kappa shape index (κ1) is 36.0. The van der Waals surface area contributed by atoms with Crippen molar-refractivity contribution in [3.63, 3.8) is 0 Å². The zero-order chi connectivity index (χ0) is 41.1. The molecule has 0 saturated carbocycles. The monoisotopic (exact) mass is 779 g/mol. The number of halogens is 3. The molecule has 5 nitrogen and oxygen atoms in total. The lowest BCUT2D eigenvalue weighted by molar-refractivity contribution is -0.137. The van der Waals surface area contributed by atoms with Gasteiger partial charge in [0.2, 0.25) is 0 Å². The first-order chi connectivity index (χ1) is 29.2. The predicted octanol–water partition coefficient (Wildman–Crippen LogP) is 13.5.